The van der Waals surface area contributed by atoms with Gasteiger partial charge in [0.1, 0.15) is 0 Å². The van der Waals surface area contributed by atoms with Gasteiger partial charge in [-0.25, -0.2) is 9.59 Å². The molecule has 1 aliphatic rings. The predicted molar refractivity (Wildman–Crippen MR) is 71.6 cm³/mol. The van der Waals surface area contributed by atoms with Crippen molar-refractivity contribution in [2.24, 2.45) is 0 Å². The summed E-state index contributed by atoms with van der Waals surface area (Å²) in [6, 6.07) is 5.03. The van der Waals surface area contributed by atoms with E-state index in [1.807, 2.05) is 6.07 Å². The molecule has 2 aromatic rings. The van der Waals surface area contributed by atoms with Gasteiger partial charge in [-0.05, 0) is 37.8 Å². The first-order valence-corrected chi connectivity index (χ1v) is 6.56. The fourth-order valence-corrected chi connectivity index (χ4v) is 3.10. The Labute approximate surface area is 109 Å². The summed E-state index contributed by atoms with van der Waals surface area (Å²) < 4.78 is 1.76. The minimum atomic E-state index is -1.02. The van der Waals surface area contributed by atoms with E-state index < -0.39 is 5.97 Å². The molecule has 1 heterocycles. The molecular weight excluding hydrogens is 244 g/mol. The van der Waals surface area contributed by atoms with E-state index >= 15 is 0 Å². The molecule has 5 nitrogen and oxygen atoms in total. The molecule has 0 aliphatic heterocycles. The fourth-order valence-electron chi connectivity index (χ4n) is 3.10. The molecule has 1 aromatic heterocycles. The van der Waals surface area contributed by atoms with Crippen LogP contribution < -0.4 is 5.69 Å². The van der Waals surface area contributed by atoms with Gasteiger partial charge in [0.15, 0.2) is 0 Å². The van der Waals surface area contributed by atoms with Gasteiger partial charge in [0.05, 0.1) is 16.6 Å². The molecule has 0 atom stereocenters. The number of hydrogen-bond acceptors (Lipinski definition) is 2. The average Bonchev–Trinajstić information content (AvgIpc) is 2.66. The minimum absolute atomic E-state index is 0.132. The van der Waals surface area contributed by atoms with Crippen LogP contribution in [0.25, 0.3) is 11.0 Å². The van der Waals surface area contributed by atoms with E-state index in [9.17, 15) is 14.7 Å². The van der Waals surface area contributed by atoms with Crippen molar-refractivity contribution in [1.29, 1.82) is 0 Å². The number of H-pyrrole nitrogens is 1. The van der Waals surface area contributed by atoms with E-state index in [4.69, 9.17) is 0 Å². The Morgan fingerprint density at radius 1 is 1.47 bits per heavy atom. The molecule has 0 unspecified atom stereocenters. The van der Waals surface area contributed by atoms with E-state index in [1.165, 1.54) is 6.07 Å². The van der Waals surface area contributed by atoms with Crippen LogP contribution in [-0.2, 0) is 5.54 Å². The van der Waals surface area contributed by atoms with Gasteiger partial charge in [0, 0.05) is 5.54 Å². The third-order valence-corrected chi connectivity index (χ3v) is 4.37. The highest BCUT2D eigenvalue weighted by molar-refractivity contribution is 6.00. The van der Waals surface area contributed by atoms with E-state index in [2.05, 4.69) is 11.9 Å². The zero-order valence-electron chi connectivity index (χ0n) is 10.8. The smallest absolute Gasteiger partial charge is 0.337 e. The number of aromatic amines is 1. The van der Waals surface area contributed by atoms with Crippen LogP contribution in [0, 0.1) is 0 Å². The number of fused-ring (bicyclic) bond motifs is 1. The number of nitrogens with zero attached hydrogens (tertiary/aromatic N) is 1. The number of imidazole rings is 1. The highest BCUT2D eigenvalue weighted by atomic mass is 16.4. The number of rotatable bonds is 3. The van der Waals surface area contributed by atoms with Crippen LogP contribution >= 0.6 is 0 Å². The van der Waals surface area contributed by atoms with Crippen molar-refractivity contribution in [3.63, 3.8) is 0 Å². The number of aromatic nitrogens is 2. The number of para-hydroxylation sites is 1. The number of aromatic carboxylic acids is 1. The van der Waals surface area contributed by atoms with Gasteiger partial charge in [-0.2, -0.15) is 0 Å². The molecule has 1 aliphatic carbocycles. The second-order valence-electron chi connectivity index (χ2n) is 5.20. The van der Waals surface area contributed by atoms with Crippen LogP contribution in [0.5, 0.6) is 0 Å². The lowest BCUT2D eigenvalue weighted by molar-refractivity contribution is 0.0699. The predicted octanol–water partition coefficient (Wildman–Crippen LogP) is 2.32. The molecule has 1 aromatic carbocycles. The first kappa shape index (κ1) is 12.0. The summed E-state index contributed by atoms with van der Waals surface area (Å²) in [4.78, 5) is 26.1. The molecule has 1 fully saturated rings. The topological polar surface area (TPSA) is 75.1 Å². The van der Waals surface area contributed by atoms with E-state index in [1.54, 1.807) is 10.6 Å². The van der Waals surface area contributed by atoms with Gasteiger partial charge in [0.25, 0.3) is 0 Å². The fraction of sp³-hybridized carbons (Fsp3) is 0.429. The molecule has 2 N–H and O–H groups in total. The summed E-state index contributed by atoms with van der Waals surface area (Å²) in [5.74, 6) is -1.02. The van der Waals surface area contributed by atoms with Gasteiger partial charge < -0.3 is 10.1 Å². The monoisotopic (exact) mass is 260 g/mol. The number of hydrogen-bond donors (Lipinski definition) is 2. The van der Waals surface area contributed by atoms with E-state index in [0.29, 0.717) is 11.0 Å². The molecule has 5 heteroatoms. The number of benzene rings is 1. The Hall–Kier alpha value is -2.04. The molecule has 1 saturated carbocycles. The van der Waals surface area contributed by atoms with Crippen molar-refractivity contribution in [3.8, 4) is 0 Å². The van der Waals surface area contributed by atoms with Crippen LogP contribution in [0.2, 0.25) is 0 Å². The Morgan fingerprint density at radius 3 is 2.74 bits per heavy atom. The quantitative estimate of drug-likeness (QED) is 0.889. The van der Waals surface area contributed by atoms with Gasteiger partial charge >= 0.3 is 11.7 Å². The number of carboxylic acid groups (broad SMARTS) is 1. The maximum atomic E-state index is 12.2. The largest absolute Gasteiger partial charge is 0.478 e. The van der Waals surface area contributed by atoms with Crippen molar-refractivity contribution < 1.29 is 9.90 Å². The second kappa shape index (κ2) is 3.98. The Balaban J connectivity index is 2.32. The zero-order valence-corrected chi connectivity index (χ0v) is 10.8. The zero-order chi connectivity index (χ0) is 13.6. The maximum Gasteiger partial charge on any atom is 0.337 e. The number of carboxylic acids is 1. The van der Waals surface area contributed by atoms with E-state index in [-0.39, 0.29) is 16.8 Å². The lowest BCUT2D eigenvalue weighted by Gasteiger charge is -2.42. The Kier molecular flexibility index (Phi) is 2.52. The lowest BCUT2D eigenvalue weighted by Crippen LogP contribution is -2.44. The first-order chi connectivity index (χ1) is 9.09. The molecular formula is C14H16N2O3. The summed E-state index contributed by atoms with van der Waals surface area (Å²) in [6.45, 7) is 2.07. The molecule has 0 spiro atoms. The third-order valence-electron chi connectivity index (χ3n) is 4.37. The summed E-state index contributed by atoms with van der Waals surface area (Å²) in [6.07, 6.45) is 3.96. The third kappa shape index (κ3) is 1.54. The van der Waals surface area contributed by atoms with Crippen LogP contribution in [0.1, 0.15) is 43.0 Å². The lowest BCUT2D eigenvalue weighted by atomic mass is 9.74. The van der Waals surface area contributed by atoms with Crippen molar-refractivity contribution >= 4 is 17.0 Å². The first-order valence-electron chi connectivity index (χ1n) is 6.56. The molecule has 19 heavy (non-hydrogen) atoms. The molecule has 0 bridgehead atoms. The van der Waals surface area contributed by atoms with Crippen molar-refractivity contribution in [1.82, 2.24) is 9.55 Å². The number of nitrogens with one attached hydrogen (secondary N) is 1. The highest BCUT2D eigenvalue weighted by Gasteiger charge is 2.39. The molecule has 0 amide bonds. The molecule has 0 saturated heterocycles. The SMILES string of the molecule is CCC1(n2c(=O)[nH]c3c(C(=O)O)cccc32)CCC1. The van der Waals surface area contributed by atoms with Crippen LogP contribution in [-0.4, -0.2) is 20.6 Å². The van der Waals surface area contributed by atoms with Gasteiger partial charge in [0.2, 0.25) is 0 Å². The van der Waals surface area contributed by atoms with Crippen molar-refractivity contribution in [2.75, 3.05) is 0 Å². The minimum Gasteiger partial charge on any atom is -0.478 e. The van der Waals surface area contributed by atoms with Gasteiger partial charge in [-0.1, -0.05) is 13.0 Å². The second-order valence-corrected chi connectivity index (χ2v) is 5.20. The summed E-state index contributed by atoms with van der Waals surface area (Å²) in [5, 5.41) is 9.18. The van der Waals surface area contributed by atoms with Gasteiger partial charge in [-0.3, -0.25) is 4.57 Å². The Morgan fingerprint density at radius 2 is 2.21 bits per heavy atom. The maximum absolute atomic E-state index is 12.2. The van der Waals surface area contributed by atoms with Crippen LogP contribution in [0.4, 0.5) is 0 Å². The van der Waals surface area contributed by atoms with E-state index in [0.717, 1.165) is 25.7 Å². The highest BCUT2D eigenvalue weighted by Crippen LogP contribution is 2.42. The van der Waals surface area contributed by atoms with Crippen LogP contribution in [0.3, 0.4) is 0 Å². The number of carbonyl (C=O) groups is 1. The molecule has 3 rings (SSSR count). The average molecular weight is 260 g/mol. The Bertz CT molecular complexity index is 702. The normalized spacial score (nSPS) is 17.3. The summed E-state index contributed by atoms with van der Waals surface area (Å²) in [7, 11) is 0. The van der Waals surface area contributed by atoms with Gasteiger partial charge in [-0.15, -0.1) is 0 Å². The van der Waals surface area contributed by atoms with Crippen molar-refractivity contribution in [3.05, 3.63) is 34.2 Å². The summed E-state index contributed by atoms with van der Waals surface area (Å²) in [5.41, 5.74) is 0.947. The van der Waals surface area contributed by atoms with Crippen LogP contribution in [0.15, 0.2) is 23.0 Å². The molecule has 100 valence electrons. The summed E-state index contributed by atoms with van der Waals surface area (Å²) >= 11 is 0. The molecule has 0 radical (unpaired) electrons. The standard InChI is InChI=1S/C14H16N2O3/c1-2-14(7-4-8-14)16-10-6-3-5-9(12(17)18)11(10)15-13(16)19/h3,5-6H,2,4,7-8H2,1H3,(H,15,19)(H,17,18). The van der Waals surface area contributed by atoms with Crippen molar-refractivity contribution in [2.45, 2.75) is 38.1 Å².